The third-order valence-electron chi connectivity index (χ3n) is 5.35. The van der Waals surface area contributed by atoms with Crippen LogP contribution in [0.5, 0.6) is 0 Å². The van der Waals surface area contributed by atoms with Crippen LogP contribution in [0.2, 0.25) is 0 Å². The molecule has 7 heteroatoms. The first-order valence-electron chi connectivity index (χ1n) is 9.36. The number of aliphatic carboxylic acids is 1. The molecule has 1 amide bonds. The Labute approximate surface area is 156 Å². The third-order valence-corrected chi connectivity index (χ3v) is 5.35. The predicted molar refractivity (Wildman–Crippen MR) is 96.4 cm³/mol. The maximum Gasteiger partial charge on any atom is 0.308 e. The number of fused-ring (bicyclic) bond motifs is 1. The van der Waals surface area contributed by atoms with Gasteiger partial charge in [-0.3, -0.25) is 9.59 Å². The van der Waals surface area contributed by atoms with Crippen molar-refractivity contribution in [2.45, 2.75) is 45.1 Å². The van der Waals surface area contributed by atoms with Crippen LogP contribution in [-0.4, -0.2) is 44.3 Å². The van der Waals surface area contributed by atoms with Gasteiger partial charge in [-0.25, -0.2) is 9.07 Å². The summed E-state index contributed by atoms with van der Waals surface area (Å²) >= 11 is 0. The number of carboxylic acids is 1. The smallest absolute Gasteiger partial charge is 0.308 e. The summed E-state index contributed by atoms with van der Waals surface area (Å²) in [5.74, 6) is -2.18. The molecule has 0 saturated heterocycles. The number of rotatable bonds is 6. The zero-order valence-electron chi connectivity index (χ0n) is 15.2. The van der Waals surface area contributed by atoms with Crippen LogP contribution in [0, 0.1) is 11.7 Å². The molecule has 0 aliphatic heterocycles. The molecule has 0 spiro atoms. The quantitative estimate of drug-likeness (QED) is 0.847. The highest BCUT2D eigenvalue weighted by Gasteiger charge is 2.38. The van der Waals surface area contributed by atoms with Crippen LogP contribution in [0.15, 0.2) is 24.3 Å². The molecule has 1 aromatic carbocycles. The van der Waals surface area contributed by atoms with Crippen molar-refractivity contribution >= 4 is 11.9 Å². The molecule has 1 aromatic heterocycles. The van der Waals surface area contributed by atoms with Gasteiger partial charge in [0.2, 0.25) is 0 Å². The Morgan fingerprint density at radius 1 is 1.33 bits per heavy atom. The fraction of sp³-hybridized carbons (Fsp3) is 0.450. The predicted octanol–water partition coefficient (Wildman–Crippen LogP) is 2.83. The molecule has 4 rings (SSSR count). The molecular formula is C20H22FN3O3. The van der Waals surface area contributed by atoms with Crippen molar-refractivity contribution in [2.75, 3.05) is 6.54 Å². The molecular weight excluding hydrogens is 349 g/mol. The molecule has 0 bridgehead atoms. The van der Waals surface area contributed by atoms with E-state index in [0.717, 1.165) is 43.4 Å². The van der Waals surface area contributed by atoms with E-state index in [-0.39, 0.29) is 24.3 Å². The van der Waals surface area contributed by atoms with Crippen LogP contribution in [0.4, 0.5) is 4.39 Å². The summed E-state index contributed by atoms with van der Waals surface area (Å²) in [5.41, 5.74) is 2.43. The topological polar surface area (TPSA) is 75.4 Å². The van der Waals surface area contributed by atoms with Crippen molar-refractivity contribution in [3.63, 3.8) is 0 Å². The molecule has 1 fully saturated rings. The number of amides is 1. The number of halogens is 1. The Balaban J connectivity index is 1.71. The fourth-order valence-electron chi connectivity index (χ4n) is 3.73. The number of carbonyl (C=O) groups is 2. The molecule has 2 aliphatic carbocycles. The van der Waals surface area contributed by atoms with Gasteiger partial charge in [-0.15, -0.1) is 0 Å². The molecule has 1 N–H and O–H groups in total. The maximum absolute atomic E-state index is 14.3. The minimum Gasteiger partial charge on any atom is -0.481 e. The number of para-hydroxylation sites is 1. The number of nitrogens with zero attached hydrogens (tertiary/aromatic N) is 3. The monoisotopic (exact) mass is 371 g/mol. The first-order chi connectivity index (χ1) is 13.0. The van der Waals surface area contributed by atoms with E-state index in [2.05, 4.69) is 5.10 Å². The highest BCUT2D eigenvalue weighted by molar-refractivity contribution is 5.95. The van der Waals surface area contributed by atoms with Gasteiger partial charge in [0.05, 0.1) is 5.92 Å². The number of hydrogen-bond acceptors (Lipinski definition) is 3. The summed E-state index contributed by atoms with van der Waals surface area (Å²) < 4.78 is 15.8. The Hall–Kier alpha value is -2.70. The van der Waals surface area contributed by atoms with Crippen LogP contribution in [0.3, 0.4) is 0 Å². The van der Waals surface area contributed by atoms with Gasteiger partial charge in [-0.05, 0) is 44.2 Å². The van der Waals surface area contributed by atoms with E-state index in [1.807, 2.05) is 0 Å². The lowest BCUT2D eigenvalue weighted by atomic mass is 10.1. The lowest BCUT2D eigenvalue weighted by Gasteiger charge is -2.23. The van der Waals surface area contributed by atoms with Crippen molar-refractivity contribution in [1.29, 1.82) is 0 Å². The molecule has 6 nitrogen and oxygen atoms in total. The van der Waals surface area contributed by atoms with Crippen molar-refractivity contribution in [3.8, 4) is 5.69 Å². The molecule has 2 aromatic rings. The normalized spacial score (nSPS) is 16.8. The van der Waals surface area contributed by atoms with E-state index in [0.29, 0.717) is 11.4 Å². The van der Waals surface area contributed by atoms with E-state index in [4.69, 9.17) is 0 Å². The van der Waals surface area contributed by atoms with E-state index in [9.17, 15) is 19.1 Å². The van der Waals surface area contributed by atoms with Crippen LogP contribution in [0.25, 0.3) is 5.69 Å². The zero-order chi connectivity index (χ0) is 19.1. The SMILES string of the molecule is CC(CN(C(=O)c1nn(-c2ccccc2F)c2c1CCC2)C1CC1)C(=O)O. The van der Waals surface area contributed by atoms with Crippen LogP contribution >= 0.6 is 0 Å². The Kier molecular flexibility index (Phi) is 4.45. The molecule has 1 saturated carbocycles. The van der Waals surface area contributed by atoms with Crippen molar-refractivity contribution in [1.82, 2.24) is 14.7 Å². The van der Waals surface area contributed by atoms with Gasteiger partial charge in [-0.1, -0.05) is 19.1 Å². The minimum absolute atomic E-state index is 0.0787. The van der Waals surface area contributed by atoms with Crippen molar-refractivity contribution < 1.29 is 19.1 Å². The lowest BCUT2D eigenvalue weighted by Crippen LogP contribution is -2.39. The van der Waals surface area contributed by atoms with E-state index < -0.39 is 11.9 Å². The summed E-state index contributed by atoms with van der Waals surface area (Å²) in [7, 11) is 0. The second-order valence-electron chi connectivity index (χ2n) is 7.42. The summed E-state index contributed by atoms with van der Waals surface area (Å²) in [5, 5.41) is 13.7. The molecule has 0 radical (unpaired) electrons. The lowest BCUT2D eigenvalue weighted by molar-refractivity contribution is -0.141. The summed E-state index contributed by atoms with van der Waals surface area (Å²) in [6.45, 7) is 1.77. The second kappa shape index (κ2) is 6.79. The highest BCUT2D eigenvalue weighted by Crippen LogP contribution is 2.33. The van der Waals surface area contributed by atoms with Gasteiger partial charge in [0, 0.05) is 23.8 Å². The van der Waals surface area contributed by atoms with E-state index in [1.165, 1.54) is 6.07 Å². The average Bonchev–Trinajstić information content (AvgIpc) is 3.25. The summed E-state index contributed by atoms with van der Waals surface area (Å²) in [6.07, 6.45) is 4.15. The highest BCUT2D eigenvalue weighted by atomic mass is 19.1. The molecule has 1 atom stereocenters. The largest absolute Gasteiger partial charge is 0.481 e. The standard InChI is InChI=1S/C20H22FN3O3/c1-12(20(26)27)11-23(13-9-10-13)19(25)18-14-5-4-8-16(14)24(22-18)17-7-3-2-6-15(17)21/h2-3,6-7,12-13H,4-5,8-11H2,1H3,(H,26,27). The van der Waals surface area contributed by atoms with Crippen LogP contribution in [0.1, 0.15) is 47.9 Å². The fourth-order valence-corrected chi connectivity index (χ4v) is 3.73. The van der Waals surface area contributed by atoms with Crippen LogP contribution in [-0.2, 0) is 17.6 Å². The van der Waals surface area contributed by atoms with Gasteiger partial charge in [-0.2, -0.15) is 5.10 Å². The first kappa shape index (κ1) is 17.7. The Morgan fingerprint density at radius 3 is 2.74 bits per heavy atom. The Bertz CT molecular complexity index is 904. The molecule has 2 aliphatic rings. The number of hydrogen-bond donors (Lipinski definition) is 1. The molecule has 1 unspecified atom stereocenters. The van der Waals surface area contributed by atoms with E-state index in [1.54, 1.807) is 34.7 Å². The number of carboxylic acid groups (broad SMARTS) is 1. The number of benzene rings is 1. The van der Waals surface area contributed by atoms with Gasteiger partial charge >= 0.3 is 5.97 Å². The van der Waals surface area contributed by atoms with Gasteiger partial charge < -0.3 is 10.0 Å². The molecule has 27 heavy (non-hydrogen) atoms. The van der Waals surface area contributed by atoms with Gasteiger partial charge in [0.25, 0.3) is 5.91 Å². The number of aromatic nitrogens is 2. The zero-order valence-corrected chi connectivity index (χ0v) is 15.2. The van der Waals surface area contributed by atoms with Crippen LogP contribution < -0.4 is 0 Å². The first-order valence-corrected chi connectivity index (χ1v) is 9.36. The molecule has 1 heterocycles. The third kappa shape index (κ3) is 3.22. The second-order valence-corrected chi connectivity index (χ2v) is 7.42. The maximum atomic E-state index is 14.3. The van der Waals surface area contributed by atoms with Crippen molar-refractivity contribution in [2.24, 2.45) is 5.92 Å². The van der Waals surface area contributed by atoms with E-state index >= 15 is 0 Å². The Morgan fingerprint density at radius 2 is 2.07 bits per heavy atom. The van der Waals surface area contributed by atoms with Gasteiger partial charge in [0.1, 0.15) is 11.5 Å². The summed E-state index contributed by atoms with van der Waals surface area (Å²) in [6, 6.07) is 6.48. The molecule has 142 valence electrons. The summed E-state index contributed by atoms with van der Waals surface area (Å²) in [4.78, 5) is 26.1. The number of carbonyl (C=O) groups excluding carboxylic acids is 1. The minimum atomic E-state index is -0.921. The average molecular weight is 371 g/mol. The van der Waals surface area contributed by atoms with Crippen molar-refractivity contribution in [3.05, 3.63) is 47.0 Å². The van der Waals surface area contributed by atoms with Gasteiger partial charge in [0.15, 0.2) is 5.69 Å².